The van der Waals surface area contributed by atoms with Crippen LogP contribution in [-0.2, 0) is 10.1 Å². The van der Waals surface area contributed by atoms with Crippen molar-refractivity contribution < 1.29 is 12.6 Å². The highest BCUT2D eigenvalue weighted by Crippen LogP contribution is 2.11. The van der Waals surface area contributed by atoms with E-state index in [1.807, 2.05) is 4.90 Å². The number of alkyl halides is 2. The highest BCUT2D eigenvalue weighted by Gasteiger charge is 2.15. The molecular formula is C12H17Cl2NO3S. The molecule has 0 fully saturated rings. The molecule has 0 unspecified atom stereocenters. The van der Waals surface area contributed by atoms with Crippen LogP contribution in [0.3, 0.4) is 0 Å². The summed E-state index contributed by atoms with van der Waals surface area (Å²) in [6.45, 7) is 1.57. The Balaban J connectivity index is 2.50. The highest BCUT2D eigenvalue weighted by molar-refractivity contribution is 7.87. The Hall–Kier alpha value is -0.490. The Labute approximate surface area is 124 Å². The maximum atomic E-state index is 11.8. The van der Waals surface area contributed by atoms with Crippen LogP contribution in [0.4, 0.5) is 0 Å². The third kappa shape index (κ3) is 7.01. The molecule has 0 aliphatic carbocycles. The summed E-state index contributed by atoms with van der Waals surface area (Å²) in [4.78, 5) is 1.89. The molecule has 1 rings (SSSR count). The number of para-hydroxylation sites is 1. The number of benzene rings is 1. The maximum absolute atomic E-state index is 11.8. The zero-order valence-corrected chi connectivity index (χ0v) is 12.8. The molecule has 0 aliphatic rings. The summed E-state index contributed by atoms with van der Waals surface area (Å²) >= 11 is 11.3. The smallest absolute Gasteiger partial charge is 0.310 e. The van der Waals surface area contributed by atoms with Gasteiger partial charge in [0.15, 0.2) is 0 Å². The summed E-state index contributed by atoms with van der Waals surface area (Å²) in [5.41, 5.74) is 0. The second kappa shape index (κ2) is 8.64. The molecule has 108 valence electrons. The summed E-state index contributed by atoms with van der Waals surface area (Å²) < 4.78 is 28.6. The van der Waals surface area contributed by atoms with Crippen molar-refractivity contribution in [1.82, 2.24) is 4.90 Å². The molecular weight excluding hydrogens is 309 g/mol. The molecule has 0 N–H and O–H groups in total. The van der Waals surface area contributed by atoms with Crippen LogP contribution in [0.2, 0.25) is 0 Å². The molecule has 7 heteroatoms. The molecule has 1 aromatic carbocycles. The SMILES string of the molecule is O=S(=O)(CCN(CCCl)CCCl)Oc1ccccc1. The summed E-state index contributed by atoms with van der Waals surface area (Å²) in [6, 6.07) is 8.44. The molecule has 0 amide bonds. The Bertz CT molecular complexity index is 447. The van der Waals surface area contributed by atoms with E-state index in [0.717, 1.165) is 0 Å². The van der Waals surface area contributed by atoms with Gasteiger partial charge in [-0.1, -0.05) is 18.2 Å². The predicted molar refractivity (Wildman–Crippen MR) is 78.7 cm³/mol. The van der Waals surface area contributed by atoms with E-state index in [1.54, 1.807) is 30.3 Å². The standard InChI is InChI=1S/C12H17Cl2NO3S/c13-6-8-15(9-7-14)10-11-19(16,17)18-12-4-2-1-3-5-12/h1-5H,6-11H2. The summed E-state index contributed by atoms with van der Waals surface area (Å²) in [7, 11) is -3.59. The Morgan fingerprint density at radius 2 is 1.58 bits per heavy atom. The normalized spacial score (nSPS) is 11.7. The molecule has 19 heavy (non-hydrogen) atoms. The Kier molecular flexibility index (Phi) is 7.53. The van der Waals surface area contributed by atoms with Crippen LogP contribution in [0.15, 0.2) is 30.3 Å². The molecule has 1 aromatic rings. The number of halogens is 2. The number of hydrogen-bond donors (Lipinski definition) is 0. The van der Waals surface area contributed by atoms with Crippen LogP contribution in [0.1, 0.15) is 0 Å². The monoisotopic (exact) mass is 325 g/mol. The van der Waals surface area contributed by atoms with Crippen molar-refractivity contribution in [3.63, 3.8) is 0 Å². The summed E-state index contributed by atoms with van der Waals surface area (Å²) in [5.74, 6) is 1.12. The number of hydrogen-bond acceptors (Lipinski definition) is 4. The minimum absolute atomic E-state index is 0.0876. The van der Waals surface area contributed by atoms with Crippen molar-refractivity contribution in [3.05, 3.63) is 30.3 Å². The topological polar surface area (TPSA) is 46.6 Å². The quantitative estimate of drug-likeness (QED) is 0.515. The second-order valence-electron chi connectivity index (χ2n) is 3.88. The van der Waals surface area contributed by atoms with E-state index in [2.05, 4.69) is 0 Å². The third-order valence-electron chi connectivity index (χ3n) is 2.43. The Morgan fingerprint density at radius 1 is 1.00 bits per heavy atom. The molecule has 0 saturated carbocycles. The second-order valence-corrected chi connectivity index (χ2v) is 6.32. The molecule has 0 saturated heterocycles. The first-order chi connectivity index (χ1) is 9.07. The molecule has 0 aliphatic heterocycles. The van der Waals surface area contributed by atoms with Crippen LogP contribution in [0.5, 0.6) is 5.75 Å². The van der Waals surface area contributed by atoms with E-state index < -0.39 is 10.1 Å². The lowest BCUT2D eigenvalue weighted by atomic mass is 10.3. The molecule has 0 aromatic heterocycles. The van der Waals surface area contributed by atoms with Crippen molar-refractivity contribution in [3.8, 4) is 5.75 Å². The van der Waals surface area contributed by atoms with Gasteiger partial charge in [0.25, 0.3) is 0 Å². The van der Waals surface area contributed by atoms with Gasteiger partial charge in [0, 0.05) is 31.4 Å². The Morgan fingerprint density at radius 3 is 2.11 bits per heavy atom. The van der Waals surface area contributed by atoms with E-state index in [4.69, 9.17) is 27.4 Å². The highest BCUT2D eigenvalue weighted by atomic mass is 35.5. The van der Waals surface area contributed by atoms with Gasteiger partial charge in [0.1, 0.15) is 5.75 Å². The van der Waals surface area contributed by atoms with Crippen LogP contribution in [-0.4, -0.2) is 50.5 Å². The fraction of sp³-hybridized carbons (Fsp3) is 0.500. The third-order valence-corrected chi connectivity index (χ3v) is 3.89. The molecule has 0 radical (unpaired) electrons. The van der Waals surface area contributed by atoms with Crippen LogP contribution >= 0.6 is 23.2 Å². The molecule has 0 heterocycles. The zero-order chi connectivity index (χ0) is 14.1. The summed E-state index contributed by atoms with van der Waals surface area (Å²) in [6.07, 6.45) is 0. The lowest BCUT2D eigenvalue weighted by molar-refractivity contribution is 0.322. The lowest BCUT2D eigenvalue weighted by Crippen LogP contribution is -2.33. The van der Waals surface area contributed by atoms with Gasteiger partial charge in [0.05, 0.1) is 5.75 Å². The largest absolute Gasteiger partial charge is 0.382 e. The lowest BCUT2D eigenvalue weighted by Gasteiger charge is -2.19. The first kappa shape index (κ1) is 16.6. The van der Waals surface area contributed by atoms with Crippen LogP contribution < -0.4 is 4.18 Å². The van der Waals surface area contributed by atoms with Gasteiger partial charge in [0.2, 0.25) is 0 Å². The van der Waals surface area contributed by atoms with E-state index in [-0.39, 0.29) is 5.75 Å². The minimum atomic E-state index is -3.59. The van der Waals surface area contributed by atoms with Crippen LogP contribution in [0.25, 0.3) is 0 Å². The number of rotatable bonds is 9. The summed E-state index contributed by atoms with van der Waals surface area (Å²) in [5, 5.41) is 0. The average Bonchev–Trinajstić information content (AvgIpc) is 2.37. The number of nitrogens with zero attached hydrogens (tertiary/aromatic N) is 1. The minimum Gasteiger partial charge on any atom is -0.382 e. The van der Waals surface area contributed by atoms with E-state index in [0.29, 0.717) is 37.1 Å². The van der Waals surface area contributed by atoms with Crippen molar-refractivity contribution in [2.45, 2.75) is 0 Å². The van der Waals surface area contributed by atoms with Gasteiger partial charge in [-0.2, -0.15) is 8.42 Å². The van der Waals surface area contributed by atoms with Crippen molar-refractivity contribution >= 4 is 33.3 Å². The van der Waals surface area contributed by atoms with Gasteiger partial charge >= 0.3 is 10.1 Å². The van der Waals surface area contributed by atoms with E-state index in [9.17, 15) is 8.42 Å². The zero-order valence-electron chi connectivity index (χ0n) is 10.5. The molecule has 0 atom stereocenters. The average molecular weight is 326 g/mol. The fourth-order valence-corrected chi connectivity index (χ4v) is 2.93. The van der Waals surface area contributed by atoms with Crippen molar-refractivity contribution in [2.24, 2.45) is 0 Å². The molecule has 0 bridgehead atoms. The van der Waals surface area contributed by atoms with Gasteiger partial charge in [-0.25, -0.2) is 0 Å². The first-order valence-corrected chi connectivity index (χ1v) is 8.53. The van der Waals surface area contributed by atoms with E-state index >= 15 is 0 Å². The van der Waals surface area contributed by atoms with Crippen LogP contribution in [0, 0.1) is 0 Å². The van der Waals surface area contributed by atoms with Gasteiger partial charge in [-0.3, -0.25) is 4.90 Å². The van der Waals surface area contributed by atoms with Gasteiger partial charge in [-0.05, 0) is 12.1 Å². The maximum Gasteiger partial charge on any atom is 0.310 e. The molecule has 0 spiro atoms. The fourth-order valence-electron chi connectivity index (χ4n) is 1.48. The van der Waals surface area contributed by atoms with Crippen molar-refractivity contribution in [1.29, 1.82) is 0 Å². The first-order valence-electron chi connectivity index (χ1n) is 5.89. The van der Waals surface area contributed by atoms with Gasteiger partial charge in [-0.15, -0.1) is 23.2 Å². The van der Waals surface area contributed by atoms with Crippen molar-refractivity contribution in [2.75, 3.05) is 37.1 Å². The molecule has 4 nitrogen and oxygen atoms in total. The predicted octanol–water partition coefficient (Wildman–Crippen LogP) is 2.17. The van der Waals surface area contributed by atoms with E-state index in [1.165, 1.54) is 0 Å². The van der Waals surface area contributed by atoms with Gasteiger partial charge < -0.3 is 4.18 Å².